The highest BCUT2D eigenvalue weighted by Crippen LogP contribution is 2.30. The van der Waals surface area contributed by atoms with E-state index in [-0.39, 0.29) is 17.4 Å². The average Bonchev–Trinajstić information content (AvgIpc) is 2.54. The molecule has 1 aliphatic rings. The maximum atomic E-state index is 12.7. The summed E-state index contributed by atoms with van der Waals surface area (Å²) >= 11 is 0. The van der Waals surface area contributed by atoms with E-state index < -0.39 is 12.0 Å². The second-order valence-electron chi connectivity index (χ2n) is 6.75. The van der Waals surface area contributed by atoms with Crippen molar-refractivity contribution in [1.82, 2.24) is 10.6 Å². The lowest BCUT2D eigenvalue weighted by Gasteiger charge is -2.38. The second kappa shape index (κ2) is 7.59. The van der Waals surface area contributed by atoms with Gasteiger partial charge < -0.3 is 15.4 Å². The van der Waals surface area contributed by atoms with Crippen LogP contribution in [-0.2, 0) is 20.7 Å². The maximum absolute atomic E-state index is 12.7. The maximum Gasteiger partial charge on any atom is 0.328 e. The molecule has 1 aliphatic heterocycles. The Balaban J connectivity index is 2.08. The SMILES string of the molecule is COC(=O)C(Cc1ccccc1)NC(=O)C1NCCCC1(C)C. The summed E-state index contributed by atoms with van der Waals surface area (Å²) in [5.41, 5.74) is 0.856. The van der Waals surface area contributed by atoms with E-state index in [0.717, 1.165) is 24.9 Å². The molecule has 5 nitrogen and oxygen atoms in total. The summed E-state index contributed by atoms with van der Waals surface area (Å²) < 4.78 is 4.85. The van der Waals surface area contributed by atoms with Gasteiger partial charge in [-0.05, 0) is 30.4 Å². The number of hydrogen-bond acceptors (Lipinski definition) is 4. The third kappa shape index (κ3) is 4.55. The normalized spacial score (nSPS) is 21.3. The molecule has 2 N–H and O–H groups in total. The first kappa shape index (κ1) is 17.5. The molecule has 1 aromatic rings. The Morgan fingerprint density at radius 1 is 1.35 bits per heavy atom. The summed E-state index contributed by atoms with van der Waals surface area (Å²) in [7, 11) is 1.34. The number of esters is 1. The lowest BCUT2D eigenvalue weighted by atomic mass is 9.77. The number of carbonyl (C=O) groups is 2. The first-order chi connectivity index (χ1) is 10.9. The monoisotopic (exact) mass is 318 g/mol. The highest BCUT2D eigenvalue weighted by molar-refractivity contribution is 5.88. The van der Waals surface area contributed by atoms with Crippen LogP contribution in [-0.4, -0.2) is 37.6 Å². The van der Waals surface area contributed by atoms with Crippen LogP contribution in [0.15, 0.2) is 30.3 Å². The molecule has 2 unspecified atom stereocenters. The Morgan fingerprint density at radius 3 is 2.65 bits per heavy atom. The summed E-state index contributed by atoms with van der Waals surface area (Å²) in [6.45, 7) is 4.98. The van der Waals surface area contributed by atoms with Gasteiger partial charge in [0.15, 0.2) is 0 Å². The molecule has 1 heterocycles. The number of rotatable bonds is 5. The molecule has 0 radical (unpaired) electrons. The zero-order chi connectivity index (χ0) is 16.9. The van der Waals surface area contributed by atoms with Crippen molar-refractivity contribution in [1.29, 1.82) is 0 Å². The van der Waals surface area contributed by atoms with Gasteiger partial charge in [-0.1, -0.05) is 44.2 Å². The fraction of sp³-hybridized carbons (Fsp3) is 0.556. The highest BCUT2D eigenvalue weighted by Gasteiger charge is 2.38. The van der Waals surface area contributed by atoms with E-state index in [2.05, 4.69) is 24.5 Å². The van der Waals surface area contributed by atoms with Gasteiger partial charge in [-0.25, -0.2) is 4.79 Å². The molecule has 1 amide bonds. The van der Waals surface area contributed by atoms with Crippen LogP contribution in [0, 0.1) is 5.41 Å². The van der Waals surface area contributed by atoms with Crippen LogP contribution < -0.4 is 10.6 Å². The van der Waals surface area contributed by atoms with Crippen LogP contribution in [0.25, 0.3) is 0 Å². The summed E-state index contributed by atoms with van der Waals surface area (Å²) in [4.78, 5) is 24.7. The van der Waals surface area contributed by atoms with Gasteiger partial charge in [0.1, 0.15) is 6.04 Å². The van der Waals surface area contributed by atoms with Crippen molar-refractivity contribution in [2.45, 2.75) is 45.2 Å². The molecular weight excluding hydrogens is 292 g/mol. The van der Waals surface area contributed by atoms with E-state index in [1.54, 1.807) is 0 Å². The Bertz CT molecular complexity index is 542. The van der Waals surface area contributed by atoms with Crippen molar-refractivity contribution in [3.63, 3.8) is 0 Å². The Hall–Kier alpha value is -1.88. The molecule has 0 bridgehead atoms. The van der Waals surface area contributed by atoms with E-state index in [0.29, 0.717) is 6.42 Å². The number of ether oxygens (including phenoxy) is 1. The Kier molecular flexibility index (Phi) is 5.77. The topological polar surface area (TPSA) is 67.4 Å². The molecule has 2 rings (SSSR count). The molecule has 23 heavy (non-hydrogen) atoms. The quantitative estimate of drug-likeness (QED) is 0.810. The third-order valence-electron chi connectivity index (χ3n) is 4.47. The van der Waals surface area contributed by atoms with E-state index in [4.69, 9.17) is 4.74 Å². The molecule has 1 aromatic carbocycles. The molecule has 0 aromatic heterocycles. The van der Waals surface area contributed by atoms with Crippen LogP contribution >= 0.6 is 0 Å². The minimum absolute atomic E-state index is 0.129. The standard InChI is InChI=1S/C18H26N2O3/c1-18(2)10-7-11-19-15(18)16(21)20-14(17(22)23-3)12-13-8-5-4-6-9-13/h4-6,8-9,14-15,19H,7,10-12H2,1-3H3,(H,20,21). The largest absolute Gasteiger partial charge is 0.467 e. The molecule has 1 fully saturated rings. The van der Waals surface area contributed by atoms with Gasteiger partial charge in [0.2, 0.25) is 5.91 Å². The Morgan fingerprint density at radius 2 is 2.04 bits per heavy atom. The van der Waals surface area contributed by atoms with Gasteiger partial charge in [0.25, 0.3) is 0 Å². The second-order valence-corrected chi connectivity index (χ2v) is 6.75. The first-order valence-electron chi connectivity index (χ1n) is 8.09. The van der Waals surface area contributed by atoms with Gasteiger partial charge in [-0.3, -0.25) is 4.79 Å². The smallest absolute Gasteiger partial charge is 0.328 e. The predicted octanol–water partition coefficient (Wildman–Crippen LogP) is 1.67. The van der Waals surface area contributed by atoms with Crippen molar-refractivity contribution in [3.8, 4) is 0 Å². The lowest BCUT2D eigenvalue weighted by Crippen LogP contribution is -2.58. The van der Waals surface area contributed by atoms with E-state index in [1.807, 2.05) is 30.3 Å². The summed E-state index contributed by atoms with van der Waals surface area (Å²) in [5, 5.41) is 6.14. The van der Waals surface area contributed by atoms with E-state index >= 15 is 0 Å². The fourth-order valence-corrected chi connectivity index (χ4v) is 3.10. The first-order valence-corrected chi connectivity index (χ1v) is 8.09. The lowest BCUT2D eigenvalue weighted by molar-refractivity contribution is -0.145. The number of amides is 1. The molecule has 5 heteroatoms. The molecule has 0 saturated carbocycles. The predicted molar refractivity (Wildman–Crippen MR) is 88.9 cm³/mol. The summed E-state index contributed by atoms with van der Waals surface area (Å²) in [6, 6.07) is 8.65. The number of nitrogens with one attached hydrogen (secondary N) is 2. The van der Waals surface area contributed by atoms with Crippen molar-refractivity contribution in [3.05, 3.63) is 35.9 Å². The van der Waals surface area contributed by atoms with Gasteiger partial charge in [0.05, 0.1) is 13.2 Å². The summed E-state index contributed by atoms with van der Waals surface area (Å²) in [6.07, 6.45) is 2.47. The van der Waals surface area contributed by atoms with Crippen LogP contribution in [0.1, 0.15) is 32.3 Å². The van der Waals surface area contributed by atoms with Crippen LogP contribution in [0.4, 0.5) is 0 Å². The molecular formula is C18H26N2O3. The molecule has 1 saturated heterocycles. The molecule has 0 aliphatic carbocycles. The van der Waals surface area contributed by atoms with Crippen molar-refractivity contribution in [2.75, 3.05) is 13.7 Å². The third-order valence-corrected chi connectivity index (χ3v) is 4.47. The average molecular weight is 318 g/mol. The summed E-state index contributed by atoms with van der Waals surface area (Å²) in [5.74, 6) is -0.558. The highest BCUT2D eigenvalue weighted by atomic mass is 16.5. The van der Waals surface area contributed by atoms with Gasteiger partial charge >= 0.3 is 5.97 Å². The number of benzene rings is 1. The fourth-order valence-electron chi connectivity index (χ4n) is 3.10. The van der Waals surface area contributed by atoms with Crippen molar-refractivity contribution < 1.29 is 14.3 Å². The van der Waals surface area contributed by atoms with Crippen molar-refractivity contribution >= 4 is 11.9 Å². The molecule has 2 atom stereocenters. The van der Waals surface area contributed by atoms with Crippen LogP contribution in [0.2, 0.25) is 0 Å². The molecule has 0 spiro atoms. The van der Waals surface area contributed by atoms with Gasteiger partial charge in [0, 0.05) is 6.42 Å². The zero-order valence-corrected chi connectivity index (χ0v) is 14.1. The van der Waals surface area contributed by atoms with Gasteiger partial charge in [-0.2, -0.15) is 0 Å². The number of hydrogen-bond donors (Lipinski definition) is 2. The van der Waals surface area contributed by atoms with Crippen LogP contribution in [0.5, 0.6) is 0 Å². The number of piperidine rings is 1. The number of methoxy groups -OCH3 is 1. The Labute approximate surface area is 137 Å². The molecule has 126 valence electrons. The minimum atomic E-state index is -0.672. The number of carbonyl (C=O) groups excluding carboxylic acids is 2. The van der Waals surface area contributed by atoms with Crippen molar-refractivity contribution in [2.24, 2.45) is 5.41 Å². The van der Waals surface area contributed by atoms with E-state index in [1.165, 1.54) is 7.11 Å². The minimum Gasteiger partial charge on any atom is -0.467 e. The zero-order valence-electron chi connectivity index (χ0n) is 14.1. The van der Waals surface area contributed by atoms with Crippen LogP contribution in [0.3, 0.4) is 0 Å². The van der Waals surface area contributed by atoms with E-state index in [9.17, 15) is 9.59 Å². The van der Waals surface area contributed by atoms with Gasteiger partial charge in [-0.15, -0.1) is 0 Å².